The highest BCUT2D eigenvalue weighted by molar-refractivity contribution is 8.00. The fourth-order valence-electron chi connectivity index (χ4n) is 2.40. The molecule has 0 aliphatic carbocycles. The Bertz CT molecular complexity index is 1020. The second-order valence-corrected chi connectivity index (χ2v) is 8.05. The molecule has 4 rings (SSSR count). The van der Waals surface area contributed by atoms with Crippen molar-refractivity contribution in [3.05, 3.63) is 90.2 Å². The van der Waals surface area contributed by atoms with E-state index in [2.05, 4.69) is 15.5 Å². The Morgan fingerprint density at radius 1 is 0.857 bits per heavy atom. The van der Waals surface area contributed by atoms with Crippen LogP contribution in [0.4, 0.5) is 15.2 Å². The molecule has 0 fully saturated rings. The van der Waals surface area contributed by atoms with E-state index in [1.54, 1.807) is 23.9 Å². The van der Waals surface area contributed by atoms with Crippen molar-refractivity contribution >= 4 is 33.9 Å². The smallest absolute Gasteiger partial charge is 0.210 e. The van der Waals surface area contributed by atoms with E-state index in [4.69, 9.17) is 4.74 Å². The molecule has 0 unspecified atom stereocenters. The highest BCUT2D eigenvalue weighted by atomic mass is 32.2. The van der Waals surface area contributed by atoms with Gasteiger partial charge in [-0.2, -0.15) is 0 Å². The Balaban J connectivity index is 1.32. The first-order valence-electron chi connectivity index (χ1n) is 8.55. The van der Waals surface area contributed by atoms with Crippen molar-refractivity contribution in [2.75, 3.05) is 5.32 Å². The lowest BCUT2D eigenvalue weighted by atomic mass is 10.2. The standard InChI is InChI=1S/C21H16FN3OS2/c22-16-8-6-15(7-9-16)14-27-21-25-24-20(28-21)23-17-10-12-19(13-11-17)26-18-4-2-1-3-5-18/h1-13H,14H2,(H,23,24). The molecule has 140 valence electrons. The molecule has 1 aromatic heterocycles. The maximum Gasteiger partial charge on any atom is 0.210 e. The van der Waals surface area contributed by atoms with Gasteiger partial charge in [0.05, 0.1) is 0 Å². The van der Waals surface area contributed by atoms with Gasteiger partial charge in [-0.15, -0.1) is 10.2 Å². The molecule has 0 radical (unpaired) electrons. The first-order chi connectivity index (χ1) is 13.7. The Morgan fingerprint density at radius 2 is 1.57 bits per heavy atom. The van der Waals surface area contributed by atoms with Crippen LogP contribution in [0.3, 0.4) is 0 Å². The van der Waals surface area contributed by atoms with Gasteiger partial charge in [0.1, 0.15) is 17.3 Å². The van der Waals surface area contributed by atoms with Crippen molar-refractivity contribution in [3.63, 3.8) is 0 Å². The molecular formula is C21H16FN3OS2. The maximum atomic E-state index is 13.0. The SMILES string of the molecule is Fc1ccc(CSc2nnc(Nc3ccc(Oc4ccccc4)cc3)s2)cc1. The molecule has 3 aromatic carbocycles. The highest BCUT2D eigenvalue weighted by Gasteiger charge is 2.06. The van der Waals surface area contributed by atoms with Crippen LogP contribution >= 0.6 is 23.1 Å². The number of hydrogen-bond donors (Lipinski definition) is 1. The van der Waals surface area contributed by atoms with Crippen LogP contribution in [-0.2, 0) is 5.75 Å². The quantitative estimate of drug-likeness (QED) is 0.353. The van der Waals surface area contributed by atoms with E-state index < -0.39 is 0 Å². The normalized spacial score (nSPS) is 10.6. The Hall–Kier alpha value is -2.90. The summed E-state index contributed by atoms with van der Waals surface area (Å²) < 4.78 is 19.6. The van der Waals surface area contributed by atoms with E-state index in [0.717, 1.165) is 38.0 Å². The topological polar surface area (TPSA) is 47.0 Å². The third-order valence-corrected chi connectivity index (χ3v) is 5.81. The molecule has 0 aliphatic rings. The van der Waals surface area contributed by atoms with Crippen molar-refractivity contribution in [3.8, 4) is 11.5 Å². The van der Waals surface area contributed by atoms with Gasteiger partial charge in [-0.1, -0.05) is 53.4 Å². The number of halogens is 1. The van der Waals surface area contributed by atoms with Gasteiger partial charge in [0, 0.05) is 11.4 Å². The van der Waals surface area contributed by atoms with E-state index in [1.165, 1.54) is 23.5 Å². The van der Waals surface area contributed by atoms with Gasteiger partial charge >= 0.3 is 0 Å². The van der Waals surface area contributed by atoms with Crippen LogP contribution in [0.2, 0.25) is 0 Å². The van der Waals surface area contributed by atoms with Gasteiger partial charge in [-0.05, 0) is 54.1 Å². The minimum absolute atomic E-state index is 0.226. The Labute approximate surface area is 170 Å². The van der Waals surface area contributed by atoms with E-state index in [-0.39, 0.29) is 5.82 Å². The van der Waals surface area contributed by atoms with Crippen LogP contribution in [-0.4, -0.2) is 10.2 Å². The van der Waals surface area contributed by atoms with Crippen LogP contribution in [0.15, 0.2) is 83.2 Å². The van der Waals surface area contributed by atoms with Gasteiger partial charge in [0.2, 0.25) is 5.13 Å². The Morgan fingerprint density at radius 3 is 2.32 bits per heavy atom. The third-order valence-electron chi connectivity index (χ3n) is 3.77. The van der Waals surface area contributed by atoms with Gasteiger partial charge in [-0.3, -0.25) is 0 Å². The summed E-state index contributed by atoms with van der Waals surface area (Å²) in [4.78, 5) is 0. The highest BCUT2D eigenvalue weighted by Crippen LogP contribution is 2.30. The summed E-state index contributed by atoms with van der Waals surface area (Å²) in [6.07, 6.45) is 0. The van der Waals surface area contributed by atoms with Crippen molar-refractivity contribution in [1.82, 2.24) is 10.2 Å². The number of aromatic nitrogens is 2. The average molecular weight is 410 g/mol. The van der Waals surface area contributed by atoms with Crippen molar-refractivity contribution in [1.29, 1.82) is 0 Å². The molecule has 0 bridgehead atoms. The van der Waals surface area contributed by atoms with E-state index in [9.17, 15) is 4.39 Å². The van der Waals surface area contributed by atoms with E-state index in [0.29, 0.717) is 0 Å². The molecule has 4 nitrogen and oxygen atoms in total. The summed E-state index contributed by atoms with van der Waals surface area (Å²) in [5.41, 5.74) is 1.96. The summed E-state index contributed by atoms with van der Waals surface area (Å²) >= 11 is 3.06. The Kier molecular flexibility index (Phi) is 5.84. The molecule has 0 saturated heterocycles. The van der Waals surface area contributed by atoms with Crippen LogP contribution < -0.4 is 10.1 Å². The van der Waals surface area contributed by atoms with Crippen molar-refractivity contribution in [2.45, 2.75) is 10.1 Å². The second-order valence-electron chi connectivity index (χ2n) is 5.85. The van der Waals surface area contributed by atoms with Crippen LogP contribution in [0, 0.1) is 5.82 Å². The number of thioether (sulfide) groups is 1. The lowest BCUT2D eigenvalue weighted by Gasteiger charge is -2.06. The maximum absolute atomic E-state index is 13.0. The number of nitrogens with one attached hydrogen (secondary N) is 1. The molecule has 0 aliphatic heterocycles. The molecule has 0 saturated carbocycles. The molecule has 28 heavy (non-hydrogen) atoms. The van der Waals surface area contributed by atoms with Crippen molar-refractivity contribution < 1.29 is 9.13 Å². The number of nitrogens with zero attached hydrogens (tertiary/aromatic N) is 2. The number of anilines is 2. The number of benzene rings is 3. The number of para-hydroxylation sites is 1. The predicted octanol–water partition coefficient (Wildman–Crippen LogP) is 6.51. The molecule has 0 amide bonds. The zero-order chi connectivity index (χ0) is 19.2. The van der Waals surface area contributed by atoms with Gasteiger partial charge in [-0.25, -0.2) is 4.39 Å². The minimum Gasteiger partial charge on any atom is -0.457 e. The number of hydrogen-bond acceptors (Lipinski definition) is 6. The molecule has 7 heteroatoms. The average Bonchev–Trinajstić information content (AvgIpc) is 3.17. The third kappa shape index (κ3) is 5.09. The second kappa shape index (κ2) is 8.86. The zero-order valence-electron chi connectivity index (χ0n) is 14.7. The molecule has 4 aromatic rings. The van der Waals surface area contributed by atoms with Crippen molar-refractivity contribution in [2.24, 2.45) is 0 Å². The predicted molar refractivity (Wildman–Crippen MR) is 112 cm³/mol. The summed E-state index contributed by atoms with van der Waals surface area (Å²) in [6.45, 7) is 0. The fraction of sp³-hybridized carbons (Fsp3) is 0.0476. The van der Waals surface area contributed by atoms with Crippen LogP contribution in [0.5, 0.6) is 11.5 Å². The molecular weight excluding hydrogens is 393 g/mol. The minimum atomic E-state index is -0.226. The first kappa shape index (κ1) is 18.5. The van der Waals surface area contributed by atoms with E-state index >= 15 is 0 Å². The summed E-state index contributed by atoms with van der Waals surface area (Å²) in [5, 5.41) is 12.3. The first-order valence-corrected chi connectivity index (χ1v) is 10.4. The largest absolute Gasteiger partial charge is 0.457 e. The lowest BCUT2D eigenvalue weighted by molar-refractivity contribution is 0.483. The summed E-state index contributed by atoms with van der Waals surface area (Å²) in [6, 6.07) is 23.8. The molecule has 0 atom stereocenters. The van der Waals surface area contributed by atoms with Gasteiger partial charge in [0.25, 0.3) is 0 Å². The molecule has 1 N–H and O–H groups in total. The van der Waals surface area contributed by atoms with Gasteiger partial charge < -0.3 is 10.1 Å². The van der Waals surface area contributed by atoms with Crippen LogP contribution in [0.25, 0.3) is 0 Å². The number of ether oxygens (including phenoxy) is 1. The number of rotatable bonds is 7. The van der Waals surface area contributed by atoms with Gasteiger partial charge in [0.15, 0.2) is 4.34 Å². The molecule has 0 spiro atoms. The molecule has 1 heterocycles. The summed E-state index contributed by atoms with van der Waals surface area (Å²) in [5.74, 6) is 2.07. The lowest BCUT2D eigenvalue weighted by Crippen LogP contribution is -1.90. The fourth-order valence-corrected chi connectivity index (χ4v) is 4.13. The van der Waals surface area contributed by atoms with E-state index in [1.807, 2.05) is 54.6 Å². The zero-order valence-corrected chi connectivity index (χ0v) is 16.3. The van der Waals surface area contributed by atoms with Crippen LogP contribution in [0.1, 0.15) is 5.56 Å². The summed E-state index contributed by atoms with van der Waals surface area (Å²) in [7, 11) is 0. The monoisotopic (exact) mass is 409 g/mol.